The number of rotatable bonds is 6. The van der Waals surface area contributed by atoms with Gasteiger partial charge < -0.3 is 10.1 Å². The minimum Gasteiger partial charge on any atom is -0.437 e. The predicted octanol–water partition coefficient (Wildman–Crippen LogP) is 6.46. The SMILES string of the molecule is C=C(C#N)c1cc(Br)c(Oc2ccc([N+](=O)[O-])c(Nc3ccc(C#N)cc3)n2)c(Br)c1. The number of anilines is 2. The highest BCUT2D eigenvalue weighted by Crippen LogP contribution is 2.39. The summed E-state index contributed by atoms with van der Waals surface area (Å²) in [7, 11) is 0. The fraction of sp³-hybridized carbons (Fsp3) is 0. The second-order valence-electron chi connectivity index (χ2n) is 6.05. The lowest BCUT2D eigenvalue weighted by Crippen LogP contribution is -2.01. The van der Waals surface area contributed by atoms with Crippen molar-refractivity contribution in [3.8, 4) is 23.8 Å². The summed E-state index contributed by atoms with van der Waals surface area (Å²) in [4.78, 5) is 15.1. The van der Waals surface area contributed by atoms with Gasteiger partial charge in [-0.15, -0.1) is 0 Å². The number of aromatic nitrogens is 1. The highest BCUT2D eigenvalue weighted by Gasteiger charge is 2.19. The summed E-state index contributed by atoms with van der Waals surface area (Å²) >= 11 is 6.79. The highest BCUT2D eigenvalue weighted by molar-refractivity contribution is 9.11. The number of nitriles is 2. The molecule has 1 N–H and O–H groups in total. The van der Waals surface area contributed by atoms with E-state index in [1.165, 1.54) is 12.1 Å². The molecule has 0 saturated heterocycles. The maximum Gasteiger partial charge on any atom is 0.311 e. The van der Waals surface area contributed by atoms with Gasteiger partial charge in [-0.3, -0.25) is 10.1 Å². The van der Waals surface area contributed by atoms with E-state index in [-0.39, 0.29) is 23.0 Å². The van der Waals surface area contributed by atoms with Crippen LogP contribution >= 0.6 is 31.9 Å². The minimum absolute atomic E-state index is 0.0195. The van der Waals surface area contributed by atoms with Crippen LogP contribution in [0.3, 0.4) is 0 Å². The molecular formula is C21H11Br2N5O3. The Labute approximate surface area is 193 Å². The van der Waals surface area contributed by atoms with Crippen LogP contribution in [0.1, 0.15) is 11.1 Å². The van der Waals surface area contributed by atoms with Crippen molar-refractivity contribution < 1.29 is 9.66 Å². The zero-order chi connectivity index (χ0) is 22.5. The third-order valence-corrected chi connectivity index (χ3v) is 5.19. The van der Waals surface area contributed by atoms with Crippen LogP contribution in [-0.2, 0) is 0 Å². The molecule has 0 fully saturated rings. The smallest absolute Gasteiger partial charge is 0.311 e. The molecule has 3 aromatic rings. The van der Waals surface area contributed by atoms with E-state index < -0.39 is 4.92 Å². The highest BCUT2D eigenvalue weighted by atomic mass is 79.9. The van der Waals surface area contributed by atoms with Crippen LogP contribution in [-0.4, -0.2) is 9.91 Å². The van der Waals surface area contributed by atoms with Gasteiger partial charge in [-0.25, -0.2) is 0 Å². The number of nitrogens with zero attached hydrogens (tertiary/aromatic N) is 4. The third kappa shape index (κ3) is 5.07. The summed E-state index contributed by atoms with van der Waals surface area (Å²) in [5.41, 5.74) is 1.63. The fourth-order valence-electron chi connectivity index (χ4n) is 2.50. The number of pyridine rings is 1. The summed E-state index contributed by atoms with van der Waals surface area (Å²) in [5, 5.41) is 32.2. The van der Waals surface area contributed by atoms with Gasteiger partial charge in [0.25, 0.3) is 0 Å². The maximum atomic E-state index is 11.4. The molecule has 2 aromatic carbocycles. The van der Waals surface area contributed by atoms with Crippen molar-refractivity contribution in [3.05, 3.63) is 85.3 Å². The van der Waals surface area contributed by atoms with Crippen molar-refractivity contribution in [2.75, 3.05) is 5.32 Å². The number of hydrogen-bond acceptors (Lipinski definition) is 7. The average Bonchev–Trinajstić information content (AvgIpc) is 2.76. The number of halogens is 2. The van der Waals surface area contributed by atoms with Crippen LogP contribution in [0.5, 0.6) is 11.6 Å². The predicted molar refractivity (Wildman–Crippen MR) is 122 cm³/mol. The van der Waals surface area contributed by atoms with Gasteiger partial charge in [0.1, 0.15) is 0 Å². The molecule has 0 aliphatic rings. The molecule has 152 valence electrons. The molecule has 10 heteroatoms. The topological polar surface area (TPSA) is 125 Å². The molecule has 31 heavy (non-hydrogen) atoms. The number of nitrogens with one attached hydrogen (secondary N) is 1. The molecule has 1 heterocycles. The van der Waals surface area contributed by atoms with E-state index in [1.54, 1.807) is 36.4 Å². The van der Waals surface area contributed by atoms with Gasteiger partial charge >= 0.3 is 5.69 Å². The molecule has 0 spiro atoms. The van der Waals surface area contributed by atoms with Crippen molar-refractivity contribution in [1.29, 1.82) is 10.5 Å². The quantitative estimate of drug-likeness (QED) is 0.216. The molecule has 0 aliphatic carbocycles. The Morgan fingerprint density at radius 2 is 1.77 bits per heavy atom. The molecular weight excluding hydrogens is 530 g/mol. The van der Waals surface area contributed by atoms with E-state index in [0.29, 0.717) is 31.5 Å². The van der Waals surface area contributed by atoms with Crippen LogP contribution in [0.4, 0.5) is 17.2 Å². The van der Waals surface area contributed by atoms with Crippen LogP contribution in [0.15, 0.2) is 64.1 Å². The molecule has 3 rings (SSSR count). The molecule has 0 saturated carbocycles. The summed E-state index contributed by atoms with van der Waals surface area (Å²) in [6.45, 7) is 3.68. The van der Waals surface area contributed by atoms with Crippen LogP contribution in [0.25, 0.3) is 5.57 Å². The summed E-state index contributed by atoms with van der Waals surface area (Å²) in [6, 6.07) is 16.4. The Morgan fingerprint density at radius 3 is 2.32 bits per heavy atom. The molecule has 1 aromatic heterocycles. The first kappa shape index (κ1) is 22.0. The Hall–Kier alpha value is -3.73. The average molecular weight is 541 g/mol. The standard InChI is InChI=1S/C21H11Br2N5O3/c1-12(10-24)14-8-16(22)20(17(23)9-14)31-19-7-6-18(28(29)30)21(27-19)26-15-4-2-13(11-25)3-5-15/h2-9H,1H2,(H,26,27). The number of allylic oxidation sites excluding steroid dienone is 1. The molecule has 0 unspecified atom stereocenters. The molecule has 0 bridgehead atoms. The van der Waals surface area contributed by atoms with Gasteiger partial charge in [-0.05, 0) is 73.8 Å². The normalized spacial score (nSPS) is 9.94. The monoisotopic (exact) mass is 539 g/mol. The summed E-state index contributed by atoms with van der Waals surface area (Å²) in [5.74, 6) is 0.462. The van der Waals surface area contributed by atoms with E-state index in [0.717, 1.165) is 0 Å². The van der Waals surface area contributed by atoms with Crippen LogP contribution in [0.2, 0.25) is 0 Å². The number of ether oxygens (including phenoxy) is 1. The lowest BCUT2D eigenvalue weighted by atomic mass is 10.1. The van der Waals surface area contributed by atoms with Crippen molar-refractivity contribution in [2.24, 2.45) is 0 Å². The van der Waals surface area contributed by atoms with E-state index in [9.17, 15) is 10.1 Å². The minimum atomic E-state index is -0.559. The summed E-state index contributed by atoms with van der Waals surface area (Å²) in [6.07, 6.45) is 0. The zero-order valence-electron chi connectivity index (χ0n) is 15.6. The van der Waals surface area contributed by atoms with Gasteiger partial charge in [0.05, 0.1) is 37.1 Å². The molecule has 0 atom stereocenters. The number of hydrogen-bond donors (Lipinski definition) is 1. The zero-order valence-corrected chi connectivity index (χ0v) is 18.8. The van der Waals surface area contributed by atoms with E-state index >= 15 is 0 Å². The molecule has 8 nitrogen and oxygen atoms in total. The van der Waals surface area contributed by atoms with Crippen molar-refractivity contribution in [3.63, 3.8) is 0 Å². The Bertz CT molecular complexity index is 1250. The molecule has 0 amide bonds. The number of nitro groups is 1. The van der Waals surface area contributed by atoms with Gasteiger partial charge in [-0.1, -0.05) is 6.58 Å². The lowest BCUT2D eigenvalue weighted by molar-refractivity contribution is -0.384. The van der Waals surface area contributed by atoms with Gasteiger partial charge in [-0.2, -0.15) is 15.5 Å². The Kier molecular flexibility index (Phi) is 6.65. The first-order chi connectivity index (χ1) is 14.8. The van der Waals surface area contributed by atoms with Crippen molar-refractivity contribution in [1.82, 2.24) is 4.98 Å². The second-order valence-corrected chi connectivity index (χ2v) is 7.76. The van der Waals surface area contributed by atoms with E-state index in [1.807, 2.05) is 12.1 Å². The van der Waals surface area contributed by atoms with Gasteiger partial charge in [0.2, 0.25) is 11.7 Å². The van der Waals surface area contributed by atoms with Crippen molar-refractivity contribution >= 4 is 54.6 Å². The second kappa shape index (κ2) is 9.39. The largest absolute Gasteiger partial charge is 0.437 e. The first-order valence-electron chi connectivity index (χ1n) is 8.51. The van der Waals surface area contributed by atoms with E-state index in [4.69, 9.17) is 15.3 Å². The van der Waals surface area contributed by atoms with Crippen LogP contribution in [0, 0.1) is 32.8 Å². The van der Waals surface area contributed by atoms with E-state index in [2.05, 4.69) is 48.7 Å². The maximum absolute atomic E-state index is 11.4. The Balaban J connectivity index is 1.95. The number of benzene rings is 2. The lowest BCUT2D eigenvalue weighted by Gasteiger charge is -2.12. The van der Waals surface area contributed by atoms with Crippen LogP contribution < -0.4 is 10.1 Å². The van der Waals surface area contributed by atoms with Gasteiger partial charge in [0, 0.05) is 17.8 Å². The molecule has 0 radical (unpaired) electrons. The van der Waals surface area contributed by atoms with Crippen molar-refractivity contribution in [2.45, 2.75) is 0 Å². The Morgan fingerprint density at radius 1 is 1.13 bits per heavy atom. The molecule has 0 aliphatic heterocycles. The fourth-order valence-corrected chi connectivity index (χ4v) is 3.84. The summed E-state index contributed by atoms with van der Waals surface area (Å²) < 4.78 is 6.91. The van der Waals surface area contributed by atoms with Gasteiger partial charge in [0.15, 0.2) is 5.75 Å². The third-order valence-electron chi connectivity index (χ3n) is 4.01. The first-order valence-corrected chi connectivity index (χ1v) is 10.1.